The van der Waals surface area contributed by atoms with Crippen molar-refractivity contribution < 1.29 is 9.53 Å². The van der Waals surface area contributed by atoms with Crippen molar-refractivity contribution in [2.75, 3.05) is 32.1 Å². The molecule has 146 valence electrons. The molecule has 0 spiro atoms. The maximum atomic E-state index is 12.5. The van der Waals surface area contributed by atoms with Crippen LogP contribution in [0.2, 0.25) is 0 Å². The second-order valence-corrected chi connectivity index (χ2v) is 9.07. The standard InChI is InChI=1S/C19H26N4O2S2/c24-18(22-8-10-25-11-9-22)14-27-19-21-20-17(13-16-7-4-12-26-16)23(19)15-5-2-1-3-6-15/h4,7,12,15H,1-3,5-6,8-11,13-14H2. The van der Waals surface area contributed by atoms with Gasteiger partial charge in [-0.15, -0.1) is 21.5 Å². The predicted molar refractivity (Wildman–Crippen MR) is 107 cm³/mol. The van der Waals surface area contributed by atoms with Crippen molar-refractivity contribution in [1.29, 1.82) is 0 Å². The minimum absolute atomic E-state index is 0.168. The molecule has 0 atom stereocenters. The van der Waals surface area contributed by atoms with E-state index >= 15 is 0 Å². The summed E-state index contributed by atoms with van der Waals surface area (Å²) in [6.07, 6.45) is 7.02. The average Bonchev–Trinajstić information content (AvgIpc) is 3.38. The molecule has 2 aliphatic rings. The van der Waals surface area contributed by atoms with Crippen LogP contribution in [-0.4, -0.2) is 57.6 Å². The van der Waals surface area contributed by atoms with Crippen LogP contribution in [0.15, 0.2) is 22.7 Å². The van der Waals surface area contributed by atoms with Crippen LogP contribution in [0.5, 0.6) is 0 Å². The number of hydrogen-bond acceptors (Lipinski definition) is 6. The van der Waals surface area contributed by atoms with E-state index in [1.807, 2.05) is 4.90 Å². The van der Waals surface area contributed by atoms with Gasteiger partial charge in [-0.25, -0.2) is 0 Å². The maximum Gasteiger partial charge on any atom is 0.233 e. The molecule has 8 heteroatoms. The molecule has 27 heavy (non-hydrogen) atoms. The minimum atomic E-state index is 0.168. The van der Waals surface area contributed by atoms with Gasteiger partial charge in [0.05, 0.1) is 19.0 Å². The number of amides is 1. The summed E-state index contributed by atoms with van der Waals surface area (Å²) < 4.78 is 7.67. The quantitative estimate of drug-likeness (QED) is 0.688. The molecule has 1 saturated heterocycles. The predicted octanol–water partition coefficient (Wildman–Crippen LogP) is 3.39. The van der Waals surface area contributed by atoms with E-state index in [1.165, 1.54) is 48.7 Å². The van der Waals surface area contributed by atoms with E-state index in [-0.39, 0.29) is 5.91 Å². The van der Waals surface area contributed by atoms with Crippen molar-refractivity contribution in [2.45, 2.75) is 49.7 Å². The monoisotopic (exact) mass is 406 g/mol. The zero-order valence-corrected chi connectivity index (χ0v) is 17.1. The summed E-state index contributed by atoms with van der Waals surface area (Å²) in [5.41, 5.74) is 0. The van der Waals surface area contributed by atoms with Gasteiger partial charge in [-0.1, -0.05) is 37.1 Å². The van der Waals surface area contributed by atoms with Crippen LogP contribution in [0.1, 0.15) is 48.8 Å². The van der Waals surface area contributed by atoms with Gasteiger partial charge in [0, 0.05) is 30.4 Å². The first kappa shape index (κ1) is 19.0. The van der Waals surface area contributed by atoms with Crippen LogP contribution >= 0.6 is 23.1 Å². The van der Waals surface area contributed by atoms with Crippen molar-refractivity contribution in [3.63, 3.8) is 0 Å². The number of rotatable bonds is 6. The zero-order chi connectivity index (χ0) is 18.5. The maximum absolute atomic E-state index is 12.5. The number of hydrogen-bond donors (Lipinski definition) is 0. The van der Waals surface area contributed by atoms with Gasteiger partial charge in [0.1, 0.15) is 5.82 Å². The summed E-state index contributed by atoms with van der Waals surface area (Å²) in [6, 6.07) is 4.70. The number of carbonyl (C=O) groups is 1. The lowest BCUT2D eigenvalue weighted by atomic mass is 9.95. The summed E-state index contributed by atoms with van der Waals surface area (Å²) in [6.45, 7) is 2.66. The molecular weight excluding hydrogens is 380 g/mol. The average molecular weight is 407 g/mol. The van der Waals surface area contributed by atoms with Crippen molar-refractivity contribution in [3.05, 3.63) is 28.2 Å². The number of ether oxygens (including phenoxy) is 1. The summed E-state index contributed by atoms with van der Waals surface area (Å²) in [4.78, 5) is 15.7. The van der Waals surface area contributed by atoms with Crippen molar-refractivity contribution in [2.24, 2.45) is 0 Å². The van der Waals surface area contributed by atoms with E-state index in [0.717, 1.165) is 17.4 Å². The molecule has 0 radical (unpaired) electrons. The number of thioether (sulfide) groups is 1. The van der Waals surface area contributed by atoms with Crippen LogP contribution in [0, 0.1) is 0 Å². The lowest BCUT2D eigenvalue weighted by molar-refractivity contribution is -0.132. The van der Waals surface area contributed by atoms with Gasteiger partial charge in [-0.2, -0.15) is 0 Å². The Balaban J connectivity index is 1.48. The molecule has 0 aromatic carbocycles. The molecule has 2 fully saturated rings. The Morgan fingerprint density at radius 1 is 1.22 bits per heavy atom. The SMILES string of the molecule is O=C(CSc1nnc(Cc2cccs2)n1C1CCCCC1)N1CCOCC1. The van der Waals surface area contributed by atoms with E-state index in [4.69, 9.17) is 4.74 Å². The Morgan fingerprint density at radius 2 is 2.04 bits per heavy atom. The Hall–Kier alpha value is -1.38. The highest BCUT2D eigenvalue weighted by atomic mass is 32.2. The van der Waals surface area contributed by atoms with Gasteiger partial charge in [0.2, 0.25) is 5.91 Å². The number of morpholine rings is 1. The molecule has 0 N–H and O–H groups in total. The summed E-state index contributed by atoms with van der Waals surface area (Å²) in [5, 5.41) is 12.0. The number of aromatic nitrogens is 3. The van der Waals surface area contributed by atoms with Gasteiger partial charge < -0.3 is 14.2 Å². The molecule has 3 heterocycles. The molecule has 1 saturated carbocycles. The van der Waals surface area contributed by atoms with Gasteiger partial charge >= 0.3 is 0 Å². The molecule has 4 rings (SSSR count). The molecule has 2 aromatic rings. The van der Waals surface area contributed by atoms with E-state index < -0.39 is 0 Å². The third kappa shape index (κ3) is 4.73. The van der Waals surface area contributed by atoms with E-state index in [9.17, 15) is 4.79 Å². The minimum Gasteiger partial charge on any atom is -0.378 e. The summed E-state index contributed by atoms with van der Waals surface area (Å²) in [5.74, 6) is 1.62. The lowest BCUT2D eigenvalue weighted by Gasteiger charge is -2.27. The Bertz CT molecular complexity index is 735. The molecule has 1 aliphatic carbocycles. The highest BCUT2D eigenvalue weighted by Crippen LogP contribution is 2.33. The molecule has 0 unspecified atom stereocenters. The fourth-order valence-electron chi connectivity index (χ4n) is 3.83. The zero-order valence-electron chi connectivity index (χ0n) is 15.5. The topological polar surface area (TPSA) is 60.2 Å². The number of carbonyl (C=O) groups excluding carboxylic acids is 1. The van der Waals surface area contributed by atoms with E-state index in [2.05, 4.69) is 32.3 Å². The van der Waals surface area contributed by atoms with Crippen molar-refractivity contribution >= 4 is 29.0 Å². The molecule has 1 aliphatic heterocycles. The van der Waals surface area contributed by atoms with Gasteiger partial charge in [-0.05, 0) is 24.3 Å². The van der Waals surface area contributed by atoms with Crippen LogP contribution < -0.4 is 0 Å². The normalized spacial score (nSPS) is 18.7. The van der Waals surface area contributed by atoms with Crippen LogP contribution in [0.4, 0.5) is 0 Å². The van der Waals surface area contributed by atoms with Crippen LogP contribution in [-0.2, 0) is 16.0 Å². The fourth-order valence-corrected chi connectivity index (χ4v) is 5.46. The van der Waals surface area contributed by atoms with Gasteiger partial charge in [0.15, 0.2) is 5.16 Å². The first-order valence-corrected chi connectivity index (χ1v) is 11.6. The molecule has 2 aromatic heterocycles. The lowest BCUT2D eigenvalue weighted by Crippen LogP contribution is -2.41. The third-order valence-corrected chi connectivity index (χ3v) is 7.08. The Labute approximate surface area is 168 Å². The van der Waals surface area contributed by atoms with Crippen LogP contribution in [0.3, 0.4) is 0 Å². The second-order valence-electron chi connectivity index (χ2n) is 7.10. The first-order valence-electron chi connectivity index (χ1n) is 9.76. The molecule has 6 nitrogen and oxygen atoms in total. The smallest absolute Gasteiger partial charge is 0.233 e. The summed E-state index contributed by atoms with van der Waals surface area (Å²) >= 11 is 3.30. The second kappa shape index (κ2) is 9.21. The molecular formula is C19H26N4O2S2. The molecule has 1 amide bonds. The Morgan fingerprint density at radius 3 is 2.78 bits per heavy atom. The van der Waals surface area contributed by atoms with Gasteiger partial charge in [-0.3, -0.25) is 4.79 Å². The van der Waals surface area contributed by atoms with Crippen molar-refractivity contribution in [1.82, 2.24) is 19.7 Å². The number of thiophene rings is 1. The largest absolute Gasteiger partial charge is 0.378 e. The van der Waals surface area contributed by atoms with Crippen LogP contribution in [0.25, 0.3) is 0 Å². The summed E-state index contributed by atoms with van der Waals surface area (Å²) in [7, 11) is 0. The highest BCUT2D eigenvalue weighted by molar-refractivity contribution is 7.99. The van der Waals surface area contributed by atoms with E-state index in [1.54, 1.807) is 11.3 Å². The first-order chi connectivity index (χ1) is 13.3. The number of nitrogens with zero attached hydrogens (tertiary/aromatic N) is 4. The van der Waals surface area contributed by atoms with Crippen molar-refractivity contribution in [3.8, 4) is 0 Å². The Kier molecular flexibility index (Phi) is 6.47. The third-order valence-electron chi connectivity index (χ3n) is 5.28. The highest BCUT2D eigenvalue weighted by Gasteiger charge is 2.25. The fraction of sp³-hybridized carbons (Fsp3) is 0.632. The van der Waals surface area contributed by atoms with Gasteiger partial charge in [0.25, 0.3) is 0 Å². The van der Waals surface area contributed by atoms with E-state index in [0.29, 0.717) is 38.1 Å². The molecule has 0 bridgehead atoms.